The van der Waals surface area contributed by atoms with Gasteiger partial charge in [-0.3, -0.25) is 9.69 Å². The van der Waals surface area contributed by atoms with Crippen molar-refractivity contribution >= 4 is 17.7 Å². The van der Waals surface area contributed by atoms with Crippen LogP contribution in [-0.4, -0.2) is 53.4 Å². The van der Waals surface area contributed by atoms with Gasteiger partial charge in [-0.1, -0.05) is 30.3 Å². The maximum absolute atomic E-state index is 12.4. The summed E-state index contributed by atoms with van der Waals surface area (Å²) in [6.45, 7) is 4.80. The highest BCUT2D eigenvalue weighted by Gasteiger charge is 2.24. The van der Waals surface area contributed by atoms with Crippen LogP contribution in [0.3, 0.4) is 0 Å². The number of rotatable bonds is 4. The highest BCUT2D eigenvalue weighted by atomic mass is 32.2. The second-order valence-corrected chi connectivity index (χ2v) is 7.63. The molecule has 0 radical (unpaired) electrons. The Balaban J connectivity index is 1.42. The van der Waals surface area contributed by atoms with Crippen molar-refractivity contribution in [2.75, 3.05) is 37.7 Å². The summed E-state index contributed by atoms with van der Waals surface area (Å²) in [5, 5.41) is 0. The second-order valence-electron chi connectivity index (χ2n) is 6.40. The minimum absolute atomic E-state index is 0.385. The first-order chi connectivity index (χ1) is 10.8. The number of hydrogen-bond acceptors (Lipinski definition) is 3. The van der Waals surface area contributed by atoms with E-state index in [4.69, 9.17) is 0 Å². The smallest absolute Gasteiger partial charge is 0.222 e. The average molecular weight is 318 g/mol. The van der Waals surface area contributed by atoms with Crippen LogP contribution in [0, 0.1) is 5.92 Å². The zero-order chi connectivity index (χ0) is 15.2. The van der Waals surface area contributed by atoms with Crippen LogP contribution in [0.15, 0.2) is 30.3 Å². The van der Waals surface area contributed by atoms with Gasteiger partial charge in [-0.25, -0.2) is 0 Å². The van der Waals surface area contributed by atoms with E-state index in [2.05, 4.69) is 40.1 Å². The van der Waals surface area contributed by atoms with Gasteiger partial charge in [0.1, 0.15) is 0 Å². The zero-order valence-electron chi connectivity index (χ0n) is 13.2. The van der Waals surface area contributed by atoms with Crippen molar-refractivity contribution in [1.82, 2.24) is 9.80 Å². The topological polar surface area (TPSA) is 23.6 Å². The monoisotopic (exact) mass is 318 g/mol. The molecule has 0 atom stereocenters. The molecule has 2 aliphatic heterocycles. The fourth-order valence-corrected chi connectivity index (χ4v) is 4.53. The molecule has 2 fully saturated rings. The summed E-state index contributed by atoms with van der Waals surface area (Å²) < 4.78 is 0. The first-order valence-electron chi connectivity index (χ1n) is 8.43. The number of thioether (sulfide) groups is 1. The van der Waals surface area contributed by atoms with E-state index >= 15 is 0 Å². The van der Waals surface area contributed by atoms with Gasteiger partial charge in [0.05, 0.1) is 0 Å². The molecule has 120 valence electrons. The minimum atomic E-state index is 0.385. The lowest BCUT2D eigenvalue weighted by Gasteiger charge is -2.35. The van der Waals surface area contributed by atoms with Gasteiger partial charge in [0.15, 0.2) is 0 Å². The van der Waals surface area contributed by atoms with Gasteiger partial charge in [0.25, 0.3) is 0 Å². The Morgan fingerprint density at radius 3 is 2.41 bits per heavy atom. The van der Waals surface area contributed by atoms with Crippen molar-refractivity contribution in [1.29, 1.82) is 0 Å². The Morgan fingerprint density at radius 2 is 1.73 bits per heavy atom. The number of nitrogens with zero attached hydrogens (tertiary/aromatic N) is 2. The molecule has 3 nitrogen and oxygen atoms in total. The first-order valence-corrected chi connectivity index (χ1v) is 9.58. The lowest BCUT2D eigenvalue weighted by Crippen LogP contribution is -2.48. The van der Waals surface area contributed by atoms with Crippen LogP contribution in [0.25, 0.3) is 0 Å². The van der Waals surface area contributed by atoms with E-state index in [-0.39, 0.29) is 0 Å². The lowest BCUT2D eigenvalue weighted by atomic mass is 9.98. The summed E-state index contributed by atoms with van der Waals surface area (Å²) in [5.41, 5.74) is 1.36. The fraction of sp³-hybridized carbons (Fsp3) is 0.611. The maximum atomic E-state index is 12.4. The molecule has 0 unspecified atom stereocenters. The highest BCUT2D eigenvalue weighted by molar-refractivity contribution is 7.99. The molecule has 0 aromatic heterocycles. The number of benzene rings is 1. The highest BCUT2D eigenvalue weighted by Crippen LogP contribution is 2.26. The molecule has 2 heterocycles. The van der Waals surface area contributed by atoms with Crippen LogP contribution in [-0.2, 0) is 11.3 Å². The van der Waals surface area contributed by atoms with Crippen LogP contribution in [0.4, 0.5) is 0 Å². The van der Waals surface area contributed by atoms with E-state index < -0.39 is 0 Å². The van der Waals surface area contributed by atoms with Gasteiger partial charge in [-0.2, -0.15) is 11.8 Å². The SMILES string of the molecule is O=C(CC1CCSCC1)N1CCN(Cc2ccccc2)CC1. The van der Waals surface area contributed by atoms with Crippen LogP contribution in [0.5, 0.6) is 0 Å². The van der Waals surface area contributed by atoms with E-state index in [0.29, 0.717) is 11.8 Å². The number of carbonyl (C=O) groups excluding carboxylic acids is 1. The largest absolute Gasteiger partial charge is 0.340 e. The maximum Gasteiger partial charge on any atom is 0.222 e. The second kappa shape index (κ2) is 8.02. The van der Waals surface area contributed by atoms with Crippen molar-refractivity contribution in [3.63, 3.8) is 0 Å². The van der Waals surface area contributed by atoms with Crippen LogP contribution < -0.4 is 0 Å². The van der Waals surface area contributed by atoms with E-state index in [9.17, 15) is 4.79 Å². The summed E-state index contributed by atoms with van der Waals surface area (Å²) in [6, 6.07) is 10.6. The molecule has 0 aliphatic carbocycles. The number of hydrogen-bond donors (Lipinski definition) is 0. The van der Waals surface area contributed by atoms with Gasteiger partial charge in [0.2, 0.25) is 5.91 Å². The number of amides is 1. The van der Waals surface area contributed by atoms with Gasteiger partial charge in [-0.15, -0.1) is 0 Å². The number of carbonyl (C=O) groups is 1. The summed E-state index contributed by atoms with van der Waals surface area (Å²) in [5.74, 6) is 3.50. The van der Waals surface area contributed by atoms with Gasteiger partial charge in [0, 0.05) is 39.1 Å². The summed E-state index contributed by atoms with van der Waals surface area (Å²) >= 11 is 2.03. The first kappa shape index (κ1) is 15.9. The Bertz CT molecular complexity index is 465. The third kappa shape index (κ3) is 4.50. The molecule has 0 spiro atoms. The zero-order valence-corrected chi connectivity index (χ0v) is 14.1. The molecular formula is C18H26N2OS. The normalized spacial score (nSPS) is 21.0. The summed E-state index contributed by atoms with van der Waals surface area (Å²) in [7, 11) is 0. The van der Waals surface area contributed by atoms with Gasteiger partial charge in [-0.05, 0) is 35.8 Å². The summed E-state index contributed by atoms with van der Waals surface area (Å²) in [4.78, 5) is 17.0. The van der Waals surface area contributed by atoms with Gasteiger partial charge >= 0.3 is 0 Å². The van der Waals surface area contributed by atoms with Crippen LogP contribution in [0.1, 0.15) is 24.8 Å². The van der Waals surface area contributed by atoms with Crippen molar-refractivity contribution < 1.29 is 4.79 Å². The van der Waals surface area contributed by atoms with E-state index in [1.807, 2.05) is 11.8 Å². The molecule has 3 rings (SSSR count). The average Bonchev–Trinajstić information content (AvgIpc) is 2.57. The third-order valence-electron chi connectivity index (χ3n) is 4.78. The van der Waals surface area contributed by atoms with E-state index in [1.54, 1.807) is 0 Å². The Kier molecular flexibility index (Phi) is 5.79. The van der Waals surface area contributed by atoms with E-state index in [0.717, 1.165) is 39.1 Å². The fourth-order valence-electron chi connectivity index (χ4n) is 3.32. The predicted octanol–water partition coefficient (Wildman–Crippen LogP) is 2.86. The quantitative estimate of drug-likeness (QED) is 0.853. The molecular weight excluding hydrogens is 292 g/mol. The molecule has 1 aromatic rings. The molecule has 4 heteroatoms. The molecule has 0 bridgehead atoms. The third-order valence-corrected chi connectivity index (χ3v) is 5.83. The van der Waals surface area contributed by atoms with Gasteiger partial charge < -0.3 is 4.90 Å². The molecule has 22 heavy (non-hydrogen) atoms. The van der Waals surface area contributed by atoms with Crippen molar-refractivity contribution in [2.45, 2.75) is 25.8 Å². The Labute approximate surface area is 138 Å². The van der Waals surface area contributed by atoms with Crippen LogP contribution >= 0.6 is 11.8 Å². The lowest BCUT2D eigenvalue weighted by molar-refractivity contribution is -0.134. The minimum Gasteiger partial charge on any atom is -0.340 e. The molecule has 2 saturated heterocycles. The Hall–Kier alpha value is -1.00. The van der Waals surface area contributed by atoms with Crippen molar-refractivity contribution in [2.24, 2.45) is 5.92 Å². The molecule has 1 aromatic carbocycles. The molecule has 2 aliphatic rings. The van der Waals surface area contributed by atoms with Crippen LogP contribution in [0.2, 0.25) is 0 Å². The Morgan fingerprint density at radius 1 is 1.05 bits per heavy atom. The summed E-state index contributed by atoms with van der Waals surface area (Å²) in [6.07, 6.45) is 3.23. The van der Waals surface area contributed by atoms with Crippen molar-refractivity contribution in [3.05, 3.63) is 35.9 Å². The molecule has 1 amide bonds. The predicted molar refractivity (Wildman–Crippen MR) is 93.0 cm³/mol. The standard InChI is InChI=1S/C18H26N2OS/c21-18(14-16-6-12-22-13-7-16)20-10-8-19(9-11-20)15-17-4-2-1-3-5-17/h1-5,16H,6-15H2. The molecule has 0 saturated carbocycles. The number of piperazine rings is 1. The van der Waals surface area contributed by atoms with E-state index in [1.165, 1.54) is 29.9 Å². The van der Waals surface area contributed by atoms with Crippen molar-refractivity contribution in [3.8, 4) is 0 Å². The molecule has 0 N–H and O–H groups in total.